The van der Waals surface area contributed by atoms with Gasteiger partial charge in [0.25, 0.3) is 23.0 Å². The van der Waals surface area contributed by atoms with Gasteiger partial charge in [-0.15, -0.1) is 0 Å². The van der Waals surface area contributed by atoms with Gasteiger partial charge in [0.15, 0.2) is 11.0 Å². The number of halogens is 4. The SMILES string of the molecule is CNC(=O)c1ccc(C)c(N)c1.CNC(=O)c1ccc(C)c(Nc2ncc(C#N)c(Cl)n2)c1.CNC(=O)c1ccc(C)c(Nc2ncc(C#N)c(N(C)CC(C)(C)C)n2)c1.CNCC(C)(C)C.O=C(Cl)c1cnc(Cl)nc1Cl. The van der Waals surface area contributed by atoms with Crippen molar-refractivity contribution in [2.45, 2.75) is 62.3 Å². The van der Waals surface area contributed by atoms with Crippen LogP contribution in [0.15, 0.2) is 73.2 Å². The smallest absolute Gasteiger partial charge is 0.257 e. The molecule has 3 heterocycles. The van der Waals surface area contributed by atoms with Crippen LogP contribution in [-0.2, 0) is 0 Å². The van der Waals surface area contributed by atoms with E-state index in [0.717, 1.165) is 35.5 Å². The fourth-order valence-corrected chi connectivity index (χ4v) is 7.09. The summed E-state index contributed by atoms with van der Waals surface area (Å²) in [6, 6.07) is 19.9. The van der Waals surface area contributed by atoms with Gasteiger partial charge in [-0.3, -0.25) is 19.2 Å². The van der Waals surface area contributed by atoms with Gasteiger partial charge < -0.3 is 42.5 Å². The van der Waals surface area contributed by atoms with Gasteiger partial charge in [-0.2, -0.15) is 20.5 Å². The molecule has 0 radical (unpaired) electrons. The van der Waals surface area contributed by atoms with Crippen LogP contribution in [0.25, 0.3) is 0 Å². The summed E-state index contributed by atoms with van der Waals surface area (Å²) < 4.78 is 0. The van der Waals surface area contributed by atoms with Gasteiger partial charge in [-0.1, -0.05) is 82.9 Å². The maximum Gasteiger partial charge on any atom is 0.257 e. The zero-order chi connectivity index (χ0) is 59.1. The number of nitrogens with one attached hydrogen (secondary N) is 6. The average molecular weight is 1150 g/mol. The largest absolute Gasteiger partial charge is 0.398 e. The number of aryl methyl sites for hydroxylation is 3. The molecule has 0 bridgehead atoms. The molecular formula is C54H66Cl4N16O4. The first-order chi connectivity index (χ1) is 36.5. The molecule has 0 spiro atoms. The van der Waals surface area contributed by atoms with Crippen molar-refractivity contribution in [2.24, 2.45) is 10.8 Å². The Hall–Kier alpha value is -7.72. The molecule has 0 atom stereocenters. The molecule has 0 saturated heterocycles. The highest BCUT2D eigenvalue weighted by atomic mass is 35.5. The molecule has 414 valence electrons. The van der Waals surface area contributed by atoms with Gasteiger partial charge in [0.1, 0.15) is 28.4 Å². The maximum atomic E-state index is 11.9. The molecule has 24 heteroatoms. The zero-order valence-corrected chi connectivity index (χ0v) is 49.1. The first-order valence-corrected chi connectivity index (χ1v) is 25.2. The lowest BCUT2D eigenvalue weighted by atomic mass is 9.96. The predicted octanol–water partition coefficient (Wildman–Crippen LogP) is 10.0. The van der Waals surface area contributed by atoms with Crippen molar-refractivity contribution in [3.05, 3.63) is 139 Å². The molecule has 6 aromatic rings. The third-order valence-electron chi connectivity index (χ3n) is 10.2. The highest BCUT2D eigenvalue weighted by Gasteiger charge is 2.19. The van der Waals surface area contributed by atoms with Gasteiger partial charge in [0.05, 0.1) is 18.0 Å². The normalized spacial score (nSPS) is 10.3. The first-order valence-electron chi connectivity index (χ1n) is 23.7. The summed E-state index contributed by atoms with van der Waals surface area (Å²) in [7, 11) is 8.65. The third-order valence-corrected chi connectivity index (χ3v) is 11.1. The number of nitrogens with two attached hydrogens (primary N) is 1. The topological polar surface area (TPSA) is 295 Å². The van der Waals surface area contributed by atoms with Crippen LogP contribution in [0.5, 0.6) is 0 Å². The standard InChI is InChI=1S/C20H26N6O.C14H12ClN5O.C9H12N2O.C6H15N.C5HCl3N2O/c1-13-7-8-14(18(27)22-5)9-16(13)24-19-23-11-15(10-21)17(25-19)26(6)12-20(2,3)4;1-8-3-4-9(13(21)17-2)5-11(8)19-14-18-7-10(6-16)12(15)20-14;1-6-3-4-7(5-8(6)10)9(12)11-2;1-6(2,3)5-7-4;6-3-2(4(7)11)1-9-5(8)10-3/h7-9,11H,12H2,1-6H3,(H,22,27)(H,23,24,25);3-5,7H,1-2H3,(H,17,21)(H,18,19,20);3-5H,10H2,1-2H3,(H,11,12);7H,5H2,1-4H3;1H. The van der Waals surface area contributed by atoms with Gasteiger partial charge >= 0.3 is 0 Å². The van der Waals surface area contributed by atoms with E-state index in [1.807, 2.05) is 64.0 Å². The maximum absolute atomic E-state index is 11.9. The van der Waals surface area contributed by atoms with E-state index in [9.17, 15) is 24.4 Å². The number of benzene rings is 3. The number of carbonyl (C=O) groups is 4. The highest BCUT2D eigenvalue weighted by Crippen LogP contribution is 2.26. The Morgan fingerprint density at radius 2 is 1.06 bits per heavy atom. The molecular weight excluding hydrogens is 1080 g/mol. The number of hydrogen-bond acceptors (Lipinski definition) is 17. The first kappa shape index (κ1) is 66.4. The summed E-state index contributed by atoms with van der Waals surface area (Å²) in [6.45, 7) is 20.6. The van der Waals surface area contributed by atoms with Crippen molar-refractivity contribution in [1.82, 2.24) is 51.2 Å². The second kappa shape index (κ2) is 31.5. The number of amides is 3. The molecule has 0 aliphatic heterocycles. The molecule has 0 unspecified atom stereocenters. The van der Waals surface area contributed by atoms with Crippen LogP contribution in [0.2, 0.25) is 15.6 Å². The van der Waals surface area contributed by atoms with Crippen LogP contribution >= 0.6 is 46.4 Å². The summed E-state index contributed by atoms with van der Waals surface area (Å²) in [4.78, 5) is 70.9. The van der Waals surface area contributed by atoms with Crippen molar-refractivity contribution >= 4 is 104 Å². The number of carbonyl (C=O) groups excluding carboxylic acids is 4. The summed E-state index contributed by atoms with van der Waals surface area (Å²) in [5.41, 5.74) is 13.4. The minimum atomic E-state index is -0.702. The number of rotatable bonds is 11. The Bertz CT molecular complexity index is 3130. The van der Waals surface area contributed by atoms with Gasteiger partial charge in [0, 0.05) is 74.7 Å². The lowest BCUT2D eigenvalue weighted by molar-refractivity contribution is 0.0955. The molecule has 6 rings (SSSR count). The lowest BCUT2D eigenvalue weighted by Crippen LogP contribution is -2.30. The Balaban J connectivity index is 0.000000360. The van der Waals surface area contributed by atoms with Crippen molar-refractivity contribution in [3.63, 3.8) is 0 Å². The molecule has 0 fully saturated rings. The van der Waals surface area contributed by atoms with Crippen LogP contribution in [0.3, 0.4) is 0 Å². The Labute approximate surface area is 476 Å². The minimum absolute atomic E-state index is 0.0170. The van der Waals surface area contributed by atoms with Gasteiger partial charge in [0.2, 0.25) is 17.2 Å². The fourth-order valence-electron chi connectivity index (χ4n) is 6.34. The van der Waals surface area contributed by atoms with E-state index in [0.29, 0.717) is 50.8 Å². The van der Waals surface area contributed by atoms with E-state index in [2.05, 4.69) is 109 Å². The second-order valence-corrected chi connectivity index (χ2v) is 20.7. The van der Waals surface area contributed by atoms with Crippen LogP contribution in [0.1, 0.15) is 111 Å². The fraction of sp³-hybridized carbons (Fsp3) is 0.333. The van der Waals surface area contributed by atoms with Crippen molar-refractivity contribution in [3.8, 4) is 12.1 Å². The van der Waals surface area contributed by atoms with Crippen LogP contribution in [0, 0.1) is 54.3 Å². The van der Waals surface area contributed by atoms with E-state index < -0.39 is 5.24 Å². The summed E-state index contributed by atoms with van der Waals surface area (Å²) in [6.07, 6.45) is 4.03. The van der Waals surface area contributed by atoms with Crippen LogP contribution < -0.4 is 42.5 Å². The van der Waals surface area contributed by atoms with Gasteiger partial charge in [-0.25, -0.2) is 19.9 Å². The second-order valence-electron chi connectivity index (χ2n) is 19.3. The summed E-state index contributed by atoms with van der Waals surface area (Å²) >= 11 is 21.8. The highest BCUT2D eigenvalue weighted by molar-refractivity contribution is 6.68. The Kier molecular flexibility index (Phi) is 26.8. The minimum Gasteiger partial charge on any atom is -0.398 e. The van der Waals surface area contributed by atoms with E-state index in [-0.39, 0.29) is 55.8 Å². The van der Waals surface area contributed by atoms with E-state index in [1.54, 1.807) is 57.5 Å². The number of hydrogen-bond donors (Lipinski definition) is 7. The molecule has 0 saturated carbocycles. The molecule has 3 aromatic carbocycles. The Morgan fingerprint density at radius 1 is 0.615 bits per heavy atom. The molecule has 20 nitrogen and oxygen atoms in total. The number of nitrogen functional groups attached to an aromatic ring is 1. The molecule has 78 heavy (non-hydrogen) atoms. The monoisotopic (exact) mass is 1140 g/mol. The quantitative estimate of drug-likeness (QED) is 0.0275. The molecule has 0 aliphatic carbocycles. The van der Waals surface area contributed by atoms with Crippen molar-refractivity contribution < 1.29 is 19.2 Å². The van der Waals surface area contributed by atoms with E-state index >= 15 is 0 Å². The van der Waals surface area contributed by atoms with Gasteiger partial charge in [-0.05, 0) is 121 Å². The predicted molar refractivity (Wildman–Crippen MR) is 312 cm³/mol. The number of nitrogens with zero attached hydrogens (tertiary/aromatic N) is 9. The number of anilines is 6. The molecule has 8 N–H and O–H groups in total. The van der Waals surface area contributed by atoms with E-state index in [1.165, 1.54) is 18.6 Å². The zero-order valence-electron chi connectivity index (χ0n) is 46.1. The van der Waals surface area contributed by atoms with Crippen LogP contribution in [-0.4, -0.2) is 101 Å². The summed E-state index contributed by atoms with van der Waals surface area (Å²) in [5, 5.41) is 34.5. The third kappa shape index (κ3) is 22.5. The lowest BCUT2D eigenvalue weighted by Gasteiger charge is -2.28. The molecule has 3 amide bonds. The number of nitriles is 2. The van der Waals surface area contributed by atoms with Crippen molar-refractivity contribution in [2.75, 3.05) is 69.6 Å². The van der Waals surface area contributed by atoms with Crippen molar-refractivity contribution in [1.29, 1.82) is 10.5 Å². The number of aromatic nitrogens is 6. The average Bonchev–Trinajstić information content (AvgIpc) is 3.38. The van der Waals surface area contributed by atoms with Crippen LogP contribution in [0.4, 0.5) is 34.8 Å². The molecule has 0 aliphatic rings. The summed E-state index contributed by atoms with van der Waals surface area (Å²) in [5.74, 6) is 0.756. The Morgan fingerprint density at radius 3 is 1.44 bits per heavy atom. The molecule has 3 aromatic heterocycles. The van der Waals surface area contributed by atoms with E-state index in [4.69, 9.17) is 57.4 Å².